The molecule has 1 heterocycles. The van der Waals surface area contributed by atoms with Gasteiger partial charge in [-0.1, -0.05) is 47.5 Å². The predicted molar refractivity (Wildman–Crippen MR) is 125 cm³/mol. The average Bonchev–Trinajstić information content (AvgIpc) is 2.80. The number of amides is 1. The highest BCUT2D eigenvalue weighted by molar-refractivity contribution is 7.89. The second-order valence-corrected chi connectivity index (χ2v) is 10.2. The quantitative estimate of drug-likeness (QED) is 0.513. The lowest BCUT2D eigenvalue weighted by Crippen LogP contribution is -2.35. The standard InChI is InChI=1S/C23H19Cl2FN2O4S/c24-19-11-17(5-7-21(19)26)27-23(29)14-32-22-8-6-18(12-20(22)25)33(30,31)28-10-9-15-3-1-2-4-16(15)13-28/h1-8,11-12H,9-10,13-14H2,(H,27,29). The minimum Gasteiger partial charge on any atom is -0.482 e. The van der Waals surface area contributed by atoms with Gasteiger partial charge in [0, 0.05) is 18.8 Å². The number of nitrogens with zero attached hydrogens (tertiary/aromatic N) is 1. The van der Waals surface area contributed by atoms with Crippen LogP contribution in [0.25, 0.3) is 0 Å². The molecule has 1 aliphatic heterocycles. The number of hydrogen-bond donors (Lipinski definition) is 1. The first-order valence-electron chi connectivity index (χ1n) is 9.98. The molecule has 1 N–H and O–H groups in total. The third-order valence-corrected chi connectivity index (χ3v) is 7.63. The Balaban J connectivity index is 1.41. The van der Waals surface area contributed by atoms with Gasteiger partial charge in [-0.15, -0.1) is 0 Å². The van der Waals surface area contributed by atoms with Crippen LogP contribution in [0.3, 0.4) is 0 Å². The zero-order chi connectivity index (χ0) is 23.6. The summed E-state index contributed by atoms with van der Waals surface area (Å²) in [4.78, 5) is 12.2. The van der Waals surface area contributed by atoms with Gasteiger partial charge < -0.3 is 10.1 Å². The maximum absolute atomic E-state index is 13.2. The Labute approximate surface area is 200 Å². The first-order valence-corrected chi connectivity index (χ1v) is 12.2. The Morgan fingerprint density at radius 3 is 2.52 bits per heavy atom. The molecule has 0 radical (unpaired) electrons. The van der Waals surface area contributed by atoms with Crippen LogP contribution in [0.5, 0.6) is 5.75 Å². The van der Waals surface area contributed by atoms with Crippen LogP contribution < -0.4 is 10.1 Å². The number of benzene rings is 3. The van der Waals surface area contributed by atoms with E-state index in [0.717, 1.165) is 17.2 Å². The van der Waals surface area contributed by atoms with E-state index in [9.17, 15) is 17.6 Å². The molecule has 0 bridgehead atoms. The highest BCUT2D eigenvalue weighted by Gasteiger charge is 2.28. The van der Waals surface area contributed by atoms with E-state index >= 15 is 0 Å². The number of sulfonamides is 1. The van der Waals surface area contributed by atoms with E-state index in [1.54, 1.807) is 0 Å². The molecule has 0 aliphatic carbocycles. The number of nitrogens with one attached hydrogen (secondary N) is 1. The number of ether oxygens (including phenoxy) is 1. The average molecular weight is 509 g/mol. The summed E-state index contributed by atoms with van der Waals surface area (Å²) in [6.07, 6.45) is 0.638. The van der Waals surface area contributed by atoms with E-state index in [0.29, 0.717) is 25.2 Å². The summed E-state index contributed by atoms with van der Waals surface area (Å²) in [5.41, 5.74) is 2.43. The summed E-state index contributed by atoms with van der Waals surface area (Å²) in [5.74, 6) is -0.953. The lowest BCUT2D eigenvalue weighted by atomic mass is 10.0. The third-order valence-electron chi connectivity index (χ3n) is 5.20. The summed E-state index contributed by atoms with van der Waals surface area (Å²) >= 11 is 11.9. The monoisotopic (exact) mass is 508 g/mol. The summed E-state index contributed by atoms with van der Waals surface area (Å²) in [6.45, 7) is 0.286. The Kier molecular flexibility index (Phi) is 6.90. The molecule has 0 unspecified atom stereocenters. The van der Waals surface area contributed by atoms with Crippen LogP contribution >= 0.6 is 23.2 Å². The minimum absolute atomic E-state index is 0.0460. The molecule has 0 atom stereocenters. The van der Waals surface area contributed by atoms with Crippen molar-refractivity contribution in [1.82, 2.24) is 4.31 Å². The van der Waals surface area contributed by atoms with E-state index in [1.807, 2.05) is 24.3 Å². The van der Waals surface area contributed by atoms with Gasteiger partial charge in [0.2, 0.25) is 10.0 Å². The molecular formula is C23H19Cl2FN2O4S. The molecule has 0 aromatic heterocycles. The number of halogens is 3. The number of hydrogen-bond acceptors (Lipinski definition) is 4. The minimum atomic E-state index is -3.75. The molecule has 3 aromatic rings. The lowest BCUT2D eigenvalue weighted by Gasteiger charge is -2.28. The number of carbonyl (C=O) groups is 1. The van der Waals surface area contributed by atoms with Crippen LogP contribution in [0, 0.1) is 5.82 Å². The molecule has 0 spiro atoms. The highest BCUT2D eigenvalue weighted by Crippen LogP contribution is 2.31. The van der Waals surface area contributed by atoms with Crippen LogP contribution in [0.4, 0.5) is 10.1 Å². The first kappa shape index (κ1) is 23.5. The van der Waals surface area contributed by atoms with Gasteiger partial charge in [-0.2, -0.15) is 4.31 Å². The fourth-order valence-electron chi connectivity index (χ4n) is 3.50. The molecular weight excluding hydrogens is 490 g/mol. The second kappa shape index (κ2) is 9.69. The van der Waals surface area contributed by atoms with Crippen molar-refractivity contribution in [2.75, 3.05) is 18.5 Å². The molecule has 1 amide bonds. The van der Waals surface area contributed by atoms with Crippen molar-refractivity contribution in [3.8, 4) is 5.75 Å². The second-order valence-electron chi connectivity index (χ2n) is 7.42. The van der Waals surface area contributed by atoms with Crippen molar-refractivity contribution in [2.45, 2.75) is 17.9 Å². The molecule has 10 heteroatoms. The van der Waals surface area contributed by atoms with Gasteiger partial charge in [0.25, 0.3) is 5.91 Å². The largest absolute Gasteiger partial charge is 0.482 e. The van der Waals surface area contributed by atoms with Crippen molar-refractivity contribution in [3.63, 3.8) is 0 Å². The molecule has 3 aromatic carbocycles. The van der Waals surface area contributed by atoms with Crippen LogP contribution in [-0.4, -0.2) is 31.8 Å². The molecule has 1 aliphatic rings. The smallest absolute Gasteiger partial charge is 0.262 e. The number of anilines is 1. The van der Waals surface area contributed by atoms with Crippen LogP contribution in [0.2, 0.25) is 10.0 Å². The van der Waals surface area contributed by atoms with Crippen molar-refractivity contribution in [1.29, 1.82) is 0 Å². The SMILES string of the molecule is O=C(COc1ccc(S(=O)(=O)N2CCc3ccccc3C2)cc1Cl)Nc1ccc(F)c(Cl)c1. The Morgan fingerprint density at radius 1 is 1.03 bits per heavy atom. The zero-order valence-corrected chi connectivity index (χ0v) is 19.6. The fraction of sp³-hybridized carbons (Fsp3) is 0.174. The van der Waals surface area contributed by atoms with Gasteiger partial charge in [0.05, 0.1) is 14.9 Å². The van der Waals surface area contributed by atoms with E-state index < -0.39 is 21.7 Å². The Morgan fingerprint density at radius 2 is 1.79 bits per heavy atom. The molecule has 172 valence electrons. The van der Waals surface area contributed by atoms with Gasteiger partial charge in [-0.3, -0.25) is 4.79 Å². The molecule has 0 saturated heterocycles. The molecule has 0 fully saturated rings. The maximum atomic E-state index is 13.2. The van der Waals surface area contributed by atoms with Crippen LogP contribution in [-0.2, 0) is 27.8 Å². The van der Waals surface area contributed by atoms with E-state index in [1.165, 1.54) is 34.6 Å². The first-order chi connectivity index (χ1) is 15.7. The fourth-order valence-corrected chi connectivity index (χ4v) is 5.42. The normalized spacial score (nSPS) is 13.9. The van der Waals surface area contributed by atoms with Gasteiger partial charge in [0.15, 0.2) is 6.61 Å². The van der Waals surface area contributed by atoms with E-state index in [-0.39, 0.29) is 27.3 Å². The Hall–Kier alpha value is -2.65. The van der Waals surface area contributed by atoms with Crippen molar-refractivity contribution >= 4 is 44.8 Å². The van der Waals surface area contributed by atoms with Crippen LogP contribution in [0.15, 0.2) is 65.6 Å². The van der Waals surface area contributed by atoms with Gasteiger partial charge in [-0.25, -0.2) is 12.8 Å². The molecule has 4 rings (SSSR count). The zero-order valence-electron chi connectivity index (χ0n) is 17.2. The van der Waals surface area contributed by atoms with Gasteiger partial charge in [0.1, 0.15) is 11.6 Å². The summed E-state index contributed by atoms with van der Waals surface area (Å²) < 4.78 is 46.3. The summed E-state index contributed by atoms with van der Waals surface area (Å²) in [7, 11) is -3.75. The van der Waals surface area contributed by atoms with Crippen molar-refractivity contribution in [3.05, 3.63) is 87.7 Å². The van der Waals surface area contributed by atoms with E-state index in [4.69, 9.17) is 27.9 Å². The topological polar surface area (TPSA) is 75.7 Å². The highest BCUT2D eigenvalue weighted by atomic mass is 35.5. The van der Waals surface area contributed by atoms with Crippen LogP contribution in [0.1, 0.15) is 11.1 Å². The Bertz CT molecular complexity index is 1320. The van der Waals surface area contributed by atoms with Gasteiger partial charge >= 0.3 is 0 Å². The maximum Gasteiger partial charge on any atom is 0.262 e. The molecule has 0 saturated carbocycles. The lowest BCUT2D eigenvalue weighted by molar-refractivity contribution is -0.118. The molecule has 33 heavy (non-hydrogen) atoms. The molecule has 6 nitrogen and oxygen atoms in total. The predicted octanol–water partition coefficient (Wildman–Crippen LogP) is 4.90. The third kappa shape index (κ3) is 5.30. The number of rotatable bonds is 6. The van der Waals surface area contributed by atoms with E-state index in [2.05, 4.69) is 5.32 Å². The van der Waals surface area contributed by atoms with Gasteiger partial charge in [-0.05, 0) is 53.9 Å². The van der Waals surface area contributed by atoms with Crippen molar-refractivity contribution in [2.24, 2.45) is 0 Å². The van der Waals surface area contributed by atoms with Crippen molar-refractivity contribution < 1.29 is 22.3 Å². The number of carbonyl (C=O) groups excluding carboxylic acids is 1. The summed E-state index contributed by atoms with van der Waals surface area (Å²) in [6, 6.07) is 15.7. The summed E-state index contributed by atoms with van der Waals surface area (Å²) in [5, 5.41) is 2.47. The number of fused-ring (bicyclic) bond motifs is 1.